The van der Waals surface area contributed by atoms with Gasteiger partial charge in [-0.2, -0.15) is 13.2 Å². The van der Waals surface area contributed by atoms with E-state index in [9.17, 15) is 22.8 Å². The summed E-state index contributed by atoms with van der Waals surface area (Å²) in [4.78, 5) is 33.4. The number of carbonyl (C=O) groups is 2. The largest absolute Gasteiger partial charge is 0.497 e. The Labute approximate surface area is 216 Å². The van der Waals surface area contributed by atoms with Gasteiger partial charge in [0.2, 0.25) is 0 Å². The fourth-order valence-corrected chi connectivity index (χ4v) is 4.90. The number of nitrogens with two attached hydrogens (primary N) is 1. The Morgan fingerprint density at radius 1 is 1.08 bits per heavy atom. The van der Waals surface area contributed by atoms with Crippen LogP contribution in [0.4, 0.5) is 34.6 Å². The number of hydrogen-bond donors (Lipinski definition) is 4. The van der Waals surface area contributed by atoms with Crippen LogP contribution in [0.25, 0.3) is 21.1 Å². The van der Waals surface area contributed by atoms with E-state index in [2.05, 4.69) is 20.6 Å². The number of nitrogen functional groups attached to an aromatic ring is 1. The molecule has 0 bridgehead atoms. The van der Waals surface area contributed by atoms with Gasteiger partial charge in [0.05, 0.1) is 12.8 Å². The zero-order chi connectivity index (χ0) is 26.6. The summed E-state index contributed by atoms with van der Waals surface area (Å²) >= 11 is 2.27. The molecule has 5 N–H and O–H groups in total. The molecule has 0 unspecified atom stereocenters. The molecule has 0 fully saturated rings. The molecule has 3 amide bonds. The highest BCUT2D eigenvalue weighted by molar-refractivity contribution is 7.23. The van der Waals surface area contributed by atoms with Gasteiger partial charge in [-0.25, -0.2) is 14.8 Å². The molecule has 0 radical (unpaired) electrons. The minimum Gasteiger partial charge on any atom is -0.497 e. The van der Waals surface area contributed by atoms with Crippen molar-refractivity contribution < 1.29 is 27.5 Å². The van der Waals surface area contributed by atoms with E-state index >= 15 is 0 Å². The quantitative estimate of drug-likeness (QED) is 0.243. The second-order valence-corrected chi connectivity index (χ2v) is 9.32. The van der Waals surface area contributed by atoms with Crippen LogP contribution in [0.15, 0.2) is 53.9 Å². The zero-order valence-electron chi connectivity index (χ0n) is 19.1. The van der Waals surface area contributed by atoms with Crippen LogP contribution >= 0.6 is 22.7 Å². The van der Waals surface area contributed by atoms with E-state index in [4.69, 9.17) is 10.5 Å². The Bertz CT molecular complexity index is 1440. The van der Waals surface area contributed by atoms with Gasteiger partial charge in [-0.05, 0) is 30.3 Å². The summed E-state index contributed by atoms with van der Waals surface area (Å²) in [6.07, 6.45) is -4.53. The van der Waals surface area contributed by atoms with E-state index in [0.717, 1.165) is 16.9 Å². The van der Waals surface area contributed by atoms with E-state index in [1.54, 1.807) is 53.2 Å². The number of nitrogens with zero attached hydrogens (tertiary/aromatic N) is 2. The average Bonchev–Trinajstić information content (AvgIpc) is 3.49. The third kappa shape index (κ3) is 6.74. The fraction of sp³-hybridized carbons (Fsp3) is 0.130. The Balaban J connectivity index is 1.46. The molecular weight excluding hydrogens is 529 g/mol. The molecule has 2 aromatic heterocycles. The second-order valence-electron chi connectivity index (χ2n) is 7.46. The molecule has 2 aromatic carbocycles. The molecule has 4 aromatic rings. The van der Waals surface area contributed by atoms with Crippen LogP contribution in [0.3, 0.4) is 0 Å². The second kappa shape index (κ2) is 10.8. The number of hydrogen-bond acceptors (Lipinski definition) is 8. The van der Waals surface area contributed by atoms with E-state index < -0.39 is 18.8 Å². The van der Waals surface area contributed by atoms with Gasteiger partial charge in [-0.15, -0.1) is 11.3 Å². The zero-order valence-corrected chi connectivity index (χ0v) is 20.7. The number of amides is 3. The van der Waals surface area contributed by atoms with Crippen LogP contribution in [0.1, 0.15) is 10.4 Å². The number of alkyl halides is 3. The number of anilines is 3. The normalized spacial score (nSPS) is 11.1. The van der Waals surface area contributed by atoms with Crippen molar-refractivity contribution in [1.82, 2.24) is 15.3 Å². The number of urea groups is 1. The lowest BCUT2D eigenvalue weighted by Crippen LogP contribution is -2.36. The molecule has 0 aliphatic rings. The summed E-state index contributed by atoms with van der Waals surface area (Å²) in [7, 11) is 1.52. The predicted octanol–water partition coefficient (Wildman–Crippen LogP) is 5.46. The van der Waals surface area contributed by atoms with Crippen molar-refractivity contribution >= 4 is 51.2 Å². The van der Waals surface area contributed by atoms with Crippen LogP contribution in [0.5, 0.6) is 5.75 Å². The number of benzene rings is 2. The lowest BCUT2D eigenvalue weighted by atomic mass is 10.1. The smallest absolute Gasteiger partial charge is 0.405 e. The third-order valence-electron chi connectivity index (χ3n) is 4.77. The minimum atomic E-state index is -4.53. The van der Waals surface area contributed by atoms with Gasteiger partial charge in [0.1, 0.15) is 28.0 Å². The van der Waals surface area contributed by atoms with Crippen molar-refractivity contribution in [3.8, 4) is 26.9 Å². The molecule has 37 heavy (non-hydrogen) atoms. The molecule has 0 atom stereocenters. The van der Waals surface area contributed by atoms with Crippen LogP contribution in [-0.2, 0) is 0 Å². The highest BCUT2D eigenvalue weighted by Crippen LogP contribution is 2.38. The summed E-state index contributed by atoms with van der Waals surface area (Å²) in [5.74, 6) is 0.349. The topological polar surface area (TPSA) is 131 Å². The number of aromatic nitrogens is 2. The number of rotatable bonds is 7. The maximum atomic E-state index is 12.6. The number of methoxy groups -OCH3 is 1. The number of ether oxygens (including phenoxy) is 1. The maximum Gasteiger partial charge on any atom is 0.405 e. The molecule has 0 spiro atoms. The molecule has 9 nitrogen and oxygen atoms in total. The molecule has 192 valence electrons. The first kappa shape index (κ1) is 25.9. The molecule has 0 aliphatic carbocycles. The standard InChI is InChI=1S/C23H19F3N6O3S2/c1-35-15-7-3-5-13(9-15)19(33)29-14-6-2-4-12(8-14)16-10-36-20(30-16)17-18(27)31-22(37-17)32-21(34)28-11-23(24,25)26/h2-10H,11,27H2,1H3,(H,29,33)(H2,28,31,32,34). The highest BCUT2D eigenvalue weighted by atomic mass is 32.1. The van der Waals surface area contributed by atoms with Gasteiger partial charge in [0.25, 0.3) is 5.91 Å². The van der Waals surface area contributed by atoms with Crippen LogP contribution in [0, 0.1) is 0 Å². The molecular formula is C23H19F3N6O3S2. The summed E-state index contributed by atoms with van der Waals surface area (Å²) < 4.78 is 42.0. The Hall–Kier alpha value is -4.17. The van der Waals surface area contributed by atoms with Crippen LogP contribution < -0.4 is 26.4 Å². The lowest BCUT2D eigenvalue weighted by molar-refractivity contribution is -0.122. The predicted molar refractivity (Wildman–Crippen MR) is 137 cm³/mol. The first-order valence-electron chi connectivity index (χ1n) is 10.5. The number of halogens is 3. The Morgan fingerprint density at radius 2 is 1.86 bits per heavy atom. The summed E-state index contributed by atoms with van der Waals surface area (Å²) in [5.41, 5.74) is 8.31. The van der Waals surface area contributed by atoms with Gasteiger partial charge in [0, 0.05) is 22.2 Å². The van der Waals surface area contributed by atoms with Gasteiger partial charge in [0.15, 0.2) is 5.13 Å². The SMILES string of the molecule is COc1cccc(C(=O)Nc2cccc(-c3csc(-c4sc(NC(=O)NCC(F)(F)F)nc4N)n3)c2)c1. The molecule has 0 saturated carbocycles. The van der Waals surface area contributed by atoms with Crippen LogP contribution in [-0.4, -0.2) is 41.7 Å². The van der Waals surface area contributed by atoms with Crippen LogP contribution in [0.2, 0.25) is 0 Å². The van der Waals surface area contributed by atoms with Crippen molar-refractivity contribution in [3.63, 3.8) is 0 Å². The molecule has 0 aliphatic heterocycles. The van der Waals surface area contributed by atoms with Crippen molar-refractivity contribution in [2.24, 2.45) is 0 Å². The first-order valence-corrected chi connectivity index (χ1v) is 12.2. The lowest BCUT2D eigenvalue weighted by Gasteiger charge is -2.08. The van der Waals surface area contributed by atoms with Crippen molar-refractivity contribution in [2.75, 3.05) is 30.0 Å². The molecule has 0 saturated heterocycles. The van der Waals surface area contributed by atoms with Gasteiger partial charge < -0.3 is 21.1 Å². The van der Waals surface area contributed by atoms with E-state index in [0.29, 0.717) is 32.6 Å². The molecule has 4 rings (SSSR count). The monoisotopic (exact) mass is 548 g/mol. The summed E-state index contributed by atoms with van der Waals surface area (Å²) in [6.45, 7) is -1.47. The Morgan fingerprint density at radius 3 is 2.62 bits per heavy atom. The van der Waals surface area contributed by atoms with Crippen molar-refractivity contribution in [2.45, 2.75) is 6.18 Å². The summed E-state index contributed by atoms with van der Waals surface area (Å²) in [6, 6.07) is 12.8. The third-order valence-corrected chi connectivity index (χ3v) is 6.75. The highest BCUT2D eigenvalue weighted by Gasteiger charge is 2.28. The summed E-state index contributed by atoms with van der Waals surface area (Å²) in [5, 5.41) is 9.12. The first-order chi connectivity index (χ1) is 17.6. The van der Waals surface area contributed by atoms with Gasteiger partial charge in [-0.3, -0.25) is 10.1 Å². The van der Waals surface area contributed by atoms with E-state index in [1.807, 2.05) is 6.07 Å². The molecule has 2 heterocycles. The Kier molecular flexibility index (Phi) is 7.59. The van der Waals surface area contributed by atoms with Crippen molar-refractivity contribution in [3.05, 3.63) is 59.5 Å². The fourth-order valence-electron chi connectivity index (χ4n) is 3.09. The molecule has 14 heteroatoms. The van der Waals surface area contributed by atoms with Gasteiger partial charge >= 0.3 is 12.2 Å². The van der Waals surface area contributed by atoms with E-state index in [1.165, 1.54) is 18.4 Å². The van der Waals surface area contributed by atoms with E-state index in [-0.39, 0.29) is 16.9 Å². The maximum absolute atomic E-state index is 12.6. The number of carbonyl (C=O) groups excluding carboxylic acids is 2. The number of nitrogens with one attached hydrogen (secondary N) is 3. The number of thiazole rings is 2. The van der Waals surface area contributed by atoms with Gasteiger partial charge in [-0.1, -0.05) is 29.5 Å². The minimum absolute atomic E-state index is 0.0335. The average molecular weight is 549 g/mol. The van der Waals surface area contributed by atoms with Crippen molar-refractivity contribution in [1.29, 1.82) is 0 Å².